The molecule has 32 heavy (non-hydrogen) atoms. The quantitative estimate of drug-likeness (QED) is 0.347. The summed E-state index contributed by atoms with van der Waals surface area (Å²) in [7, 11) is 0. The Morgan fingerprint density at radius 3 is 2.69 bits per heavy atom. The predicted molar refractivity (Wildman–Crippen MR) is 128 cm³/mol. The standard InChI is InChI=1S/C22H18Cl3N5O2/c1-2-32-18-9-13(14(23)10-15(18)24)17-4-3-5-20-27-12(11-30(17)20)8-21(31)28-16-6-7-19(25)29-22(16)26/h3-7,9-11H,2,8H2,1H3,(H2,26,29)(H,28,31). The first-order chi connectivity index (χ1) is 15.4. The molecular weight excluding hydrogens is 473 g/mol. The summed E-state index contributed by atoms with van der Waals surface area (Å²) in [6.45, 7) is 2.36. The van der Waals surface area contributed by atoms with E-state index in [1.165, 1.54) is 0 Å². The van der Waals surface area contributed by atoms with Crippen LogP contribution >= 0.6 is 34.8 Å². The number of rotatable bonds is 6. The van der Waals surface area contributed by atoms with Gasteiger partial charge in [0.1, 0.15) is 22.4 Å². The number of imidazole rings is 1. The van der Waals surface area contributed by atoms with Crippen molar-refractivity contribution in [3.8, 4) is 17.0 Å². The first-order valence-electron chi connectivity index (χ1n) is 9.66. The molecule has 164 valence electrons. The second kappa shape index (κ2) is 9.24. The molecule has 0 atom stereocenters. The fourth-order valence-electron chi connectivity index (χ4n) is 3.27. The second-order valence-electron chi connectivity index (χ2n) is 6.86. The van der Waals surface area contributed by atoms with Gasteiger partial charge in [-0.05, 0) is 43.3 Å². The van der Waals surface area contributed by atoms with Crippen LogP contribution < -0.4 is 15.8 Å². The van der Waals surface area contributed by atoms with Gasteiger partial charge >= 0.3 is 0 Å². The number of aromatic nitrogens is 3. The van der Waals surface area contributed by atoms with E-state index in [1.807, 2.05) is 29.5 Å². The molecule has 0 spiro atoms. The Hall–Kier alpha value is -3.00. The van der Waals surface area contributed by atoms with Crippen molar-refractivity contribution in [3.63, 3.8) is 0 Å². The lowest BCUT2D eigenvalue weighted by Crippen LogP contribution is -2.16. The number of hydrogen-bond donors (Lipinski definition) is 2. The molecule has 0 saturated carbocycles. The molecule has 7 nitrogen and oxygen atoms in total. The molecule has 1 aromatic carbocycles. The van der Waals surface area contributed by atoms with Crippen LogP contribution in [0.3, 0.4) is 0 Å². The number of nitrogens with zero attached hydrogens (tertiary/aromatic N) is 3. The number of nitrogens with one attached hydrogen (secondary N) is 1. The highest BCUT2D eigenvalue weighted by Gasteiger charge is 2.15. The monoisotopic (exact) mass is 489 g/mol. The summed E-state index contributed by atoms with van der Waals surface area (Å²) < 4.78 is 7.47. The minimum Gasteiger partial charge on any atom is -0.492 e. The van der Waals surface area contributed by atoms with E-state index in [-0.39, 0.29) is 23.3 Å². The number of carbonyl (C=O) groups is 1. The van der Waals surface area contributed by atoms with Gasteiger partial charge in [0, 0.05) is 11.8 Å². The van der Waals surface area contributed by atoms with E-state index in [2.05, 4.69) is 15.3 Å². The average molecular weight is 491 g/mol. The third-order valence-corrected chi connectivity index (χ3v) is 5.46. The van der Waals surface area contributed by atoms with Crippen molar-refractivity contribution >= 4 is 57.9 Å². The number of nitrogen functional groups attached to an aromatic ring is 1. The SMILES string of the molecule is CCOc1cc(-c2cccc3nc(CC(=O)Nc4ccc(Cl)nc4N)cn23)c(Cl)cc1Cl. The van der Waals surface area contributed by atoms with Gasteiger partial charge in [0.2, 0.25) is 5.91 Å². The van der Waals surface area contributed by atoms with Gasteiger partial charge in [-0.2, -0.15) is 0 Å². The zero-order valence-electron chi connectivity index (χ0n) is 16.9. The van der Waals surface area contributed by atoms with E-state index in [0.29, 0.717) is 39.4 Å². The molecular formula is C22H18Cl3N5O2. The van der Waals surface area contributed by atoms with E-state index in [4.69, 9.17) is 45.3 Å². The number of fused-ring (bicyclic) bond motifs is 1. The predicted octanol–water partition coefficient (Wildman–Crippen LogP) is 5.52. The topological polar surface area (TPSA) is 94.5 Å². The van der Waals surface area contributed by atoms with Crippen molar-refractivity contribution in [2.24, 2.45) is 0 Å². The average Bonchev–Trinajstić information content (AvgIpc) is 3.14. The summed E-state index contributed by atoms with van der Waals surface area (Å²) in [5, 5.41) is 3.89. The lowest BCUT2D eigenvalue weighted by molar-refractivity contribution is -0.115. The number of hydrogen-bond acceptors (Lipinski definition) is 5. The highest BCUT2D eigenvalue weighted by Crippen LogP contribution is 2.37. The molecule has 4 aromatic rings. The number of anilines is 2. The minimum absolute atomic E-state index is 0.0434. The maximum absolute atomic E-state index is 12.5. The largest absolute Gasteiger partial charge is 0.492 e. The summed E-state index contributed by atoms with van der Waals surface area (Å²) in [5.41, 5.74) is 8.96. The highest BCUT2D eigenvalue weighted by molar-refractivity contribution is 6.37. The van der Waals surface area contributed by atoms with Gasteiger partial charge in [-0.1, -0.05) is 40.9 Å². The van der Waals surface area contributed by atoms with Crippen molar-refractivity contribution in [1.29, 1.82) is 0 Å². The van der Waals surface area contributed by atoms with Crippen LogP contribution in [0.25, 0.3) is 16.9 Å². The molecule has 0 radical (unpaired) electrons. The number of benzene rings is 1. The van der Waals surface area contributed by atoms with Crippen molar-refractivity contribution in [1.82, 2.24) is 14.4 Å². The molecule has 0 aliphatic heterocycles. The molecule has 3 N–H and O–H groups in total. The fraction of sp³-hybridized carbons (Fsp3) is 0.136. The maximum Gasteiger partial charge on any atom is 0.230 e. The number of ether oxygens (including phenoxy) is 1. The first-order valence-corrected chi connectivity index (χ1v) is 10.8. The molecule has 4 rings (SSSR count). The van der Waals surface area contributed by atoms with Crippen LogP contribution in [-0.4, -0.2) is 26.9 Å². The number of amides is 1. The Kier molecular flexibility index (Phi) is 6.41. The molecule has 10 heteroatoms. The first kappa shape index (κ1) is 22.2. The van der Waals surface area contributed by atoms with E-state index in [9.17, 15) is 4.79 Å². The van der Waals surface area contributed by atoms with Crippen LogP contribution in [0.1, 0.15) is 12.6 Å². The molecule has 3 heterocycles. The molecule has 1 amide bonds. The Balaban J connectivity index is 1.64. The van der Waals surface area contributed by atoms with Crippen LogP contribution in [0.5, 0.6) is 5.75 Å². The Morgan fingerprint density at radius 2 is 1.94 bits per heavy atom. The Bertz CT molecular complexity index is 1320. The van der Waals surface area contributed by atoms with E-state index in [1.54, 1.807) is 30.5 Å². The molecule has 0 unspecified atom stereocenters. The summed E-state index contributed by atoms with van der Waals surface area (Å²) in [5.74, 6) is 0.402. The van der Waals surface area contributed by atoms with Crippen LogP contribution in [0.15, 0.2) is 48.7 Å². The van der Waals surface area contributed by atoms with Gasteiger partial charge in [0.25, 0.3) is 0 Å². The number of pyridine rings is 2. The molecule has 0 saturated heterocycles. The van der Waals surface area contributed by atoms with Crippen molar-refractivity contribution in [2.75, 3.05) is 17.7 Å². The molecule has 0 aliphatic rings. The lowest BCUT2D eigenvalue weighted by Gasteiger charge is -2.12. The van der Waals surface area contributed by atoms with Gasteiger partial charge in [-0.15, -0.1) is 0 Å². The normalized spacial score (nSPS) is 11.0. The van der Waals surface area contributed by atoms with E-state index < -0.39 is 0 Å². The fourth-order valence-corrected chi connectivity index (χ4v) is 3.96. The second-order valence-corrected chi connectivity index (χ2v) is 8.06. The van der Waals surface area contributed by atoms with E-state index in [0.717, 1.165) is 11.3 Å². The van der Waals surface area contributed by atoms with Crippen molar-refractivity contribution in [3.05, 3.63) is 69.6 Å². The summed E-state index contributed by atoms with van der Waals surface area (Å²) in [4.78, 5) is 21.0. The van der Waals surface area contributed by atoms with E-state index >= 15 is 0 Å². The zero-order valence-corrected chi connectivity index (χ0v) is 19.2. The number of nitrogens with two attached hydrogens (primary N) is 1. The Morgan fingerprint density at radius 1 is 1.12 bits per heavy atom. The molecule has 0 bridgehead atoms. The van der Waals surface area contributed by atoms with Crippen molar-refractivity contribution in [2.45, 2.75) is 13.3 Å². The van der Waals surface area contributed by atoms with Gasteiger partial charge in [0.05, 0.1) is 40.1 Å². The number of carbonyl (C=O) groups excluding carboxylic acids is 1. The highest BCUT2D eigenvalue weighted by atomic mass is 35.5. The maximum atomic E-state index is 12.5. The summed E-state index contributed by atoms with van der Waals surface area (Å²) in [6.07, 6.45) is 1.83. The molecule has 3 aromatic heterocycles. The zero-order chi connectivity index (χ0) is 22.8. The smallest absolute Gasteiger partial charge is 0.230 e. The lowest BCUT2D eigenvalue weighted by atomic mass is 10.1. The molecule has 0 aliphatic carbocycles. The van der Waals surface area contributed by atoms with Gasteiger partial charge in [-0.3, -0.25) is 9.20 Å². The van der Waals surface area contributed by atoms with Crippen LogP contribution in [0.2, 0.25) is 15.2 Å². The summed E-state index contributed by atoms with van der Waals surface area (Å²) in [6, 6.07) is 12.2. The molecule has 0 fully saturated rings. The Labute approximate surface area is 199 Å². The number of halogens is 3. The van der Waals surface area contributed by atoms with Crippen molar-refractivity contribution < 1.29 is 9.53 Å². The summed E-state index contributed by atoms with van der Waals surface area (Å²) >= 11 is 18.5. The minimum atomic E-state index is -0.283. The van der Waals surface area contributed by atoms with Gasteiger partial charge in [0.15, 0.2) is 0 Å². The third-order valence-electron chi connectivity index (χ3n) is 4.65. The van der Waals surface area contributed by atoms with Crippen LogP contribution in [0, 0.1) is 0 Å². The third kappa shape index (κ3) is 4.60. The van der Waals surface area contributed by atoms with Crippen LogP contribution in [0.4, 0.5) is 11.5 Å². The van der Waals surface area contributed by atoms with Gasteiger partial charge in [-0.25, -0.2) is 9.97 Å². The van der Waals surface area contributed by atoms with Crippen LogP contribution in [-0.2, 0) is 11.2 Å². The van der Waals surface area contributed by atoms with Gasteiger partial charge < -0.3 is 15.8 Å².